The van der Waals surface area contributed by atoms with Crippen LogP contribution in [0.1, 0.15) is 37.3 Å². The van der Waals surface area contributed by atoms with Crippen molar-refractivity contribution in [3.05, 3.63) is 29.3 Å². The maximum absolute atomic E-state index is 13.0. The summed E-state index contributed by atoms with van der Waals surface area (Å²) in [4.78, 5) is 26.7. The first-order valence-electron chi connectivity index (χ1n) is 8.54. The molecule has 3 aliphatic heterocycles. The first kappa shape index (κ1) is 14.7. The number of aryl methyl sites for hydroxylation is 1. The van der Waals surface area contributed by atoms with Gasteiger partial charge in [0.05, 0.1) is 18.8 Å². The molecule has 5 nitrogen and oxygen atoms in total. The van der Waals surface area contributed by atoms with Crippen molar-refractivity contribution >= 4 is 17.6 Å². The number of quaternary nitrogens is 1. The van der Waals surface area contributed by atoms with E-state index >= 15 is 0 Å². The highest BCUT2D eigenvalue weighted by molar-refractivity contribution is 6.06. The predicted octanol–water partition coefficient (Wildman–Crippen LogP) is 0.773. The van der Waals surface area contributed by atoms with Crippen LogP contribution in [0.2, 0.25) is 0 Å². The van der Waals surface area contributed by atoms with Crippen LogP contribution in [0.15, 0.2) is 18.2 Å². The van der Waals surface area contributed by atoms with E-state index in [1.807, 2.05) is 26.0 Å². The fourth-order valence-electron chi connectivity index (χ4n) is 5.00. The van der Waals surface area contributed by atoms with E-state index in [2.05, 4.69) is 11.4 Å². The number of nitrogens with one attached hydrogen (secondary N) is 2. The van der Waals surface area contributed by atoms with Crippen molar-refractivity contribution in [1.29, 1.82) is 0 Å². The number of esters is 1. The van der Waals surface area contributed by atoms with Gasteiger partial charge in [0.25, 0.3) is 5.91 Å². The lowest BCUT2D eigenvalue weighted by atomic mass is 9.84. The van der Waals surface area contributed by atoms with E-state index in [1.54, 1.807) is 0 Å². The number of benzene rings is 1. The highest BCUT2D eigenvalue weighted by Crippen LogP contribution is 2.45. The summed E-state index contributed by atoms with van der Waals surface area (Å²) < 4.78 is 5.30. The number of fused-ring (bicyclic) bond motifs is 4. The molecule has 0 saturated carbocycles. The van der Waals surface area contributed by atoms with Gasteiger partial charge in [0.15, 0.2) is 0 Å². The largest absolute Gasteiger partial charge is 0.466 e. The van der Waals surface area contributed by atoms with Crippen LogP contribution in [0.4, 0.5) is 5.69 Å². The van der Waals surface area contributed by atoms with Crippen molar-refractivity contribution in [3.63, 3.8) is 0 Å². The SMILES string of the molecule is CCOC(=O)[C@H]1C[C@@]2(C(=O)Nc3c(C)cccc32)[NH+]2CCC[C@@H]12. The second-order valence-electron chi connectivity index (χ2n) is 6.94. The first-order valence-corrected chi connectivity index (χ1v) is 8.54. The Morgan fingerprint density at radius 2 is 2.30 bits per heavy atom. The predicted molar refractivity (Wildman–Crippen MR) is 85.1 cm³/mol. The van der Waals surface area contributed by atoms with E-state index in [4.69, 9.17) is 4.74 Å². The van der Waals surface area contributed by atoms with Gasteiger partial charge in [-0.1, -0.05) is 18.2 Å². The van der Waals surface area contributed by atoms with Crippen molar-refractivity contribution in [2.75, 3.05) is 18.5 Å². The van der Waals surface area contributed by atoms with Crippen molar-refractivity contribution < 1.29 is 19.2 Å². The Hall–Kier alpha value is -1.88. The van der Waals surface area contributed by atoms with E-state index < -0.39 is 5.54 Å². The third kappa shape index (κ3) is 1.83. The molecule has 0 aromatic heterocycles. The molecule has 2 N–H and O–H groups in total. The Morgan fingerprint density at radius 3 is 3.09 bits per heavy atom. The lowest BCUT2D eigenvalue weighted by Gasteiger charge is -2.29. The third-order valence-electron chi connectivity index (χ3n) is 5.92. The fourth-order valence-corrected chi connectivity index (χ4v) is 5.00. The molecule has 1 spiro atoms. The summed E-state index contributed by atoms with van der Waals surface area (Å²) >= 11 is 0. The summed E-state index contributed by atoms with van der Waals surface area (Å²) in [5.74, 6) is -0.261. The molecule has 1 amide bonds. The maximum Gasteiger partial charge on any atom is 0.315 e. The zero-order valence-electron chi connectivity index (χ0n) is 13.6. The average Bonchev–Trinajstić information content (AvgIpc) is 3.17. The van der Waals surface area contributed by atoms with Gasteiger partial charge < -0.3 is 15.0 Å². The molecule has 5 heteroatoms. The molecule has 0 aliphatic carbocycles. The summed E-state index contributed by atoms with van der Waals surface area (Å²) in [5.41, 5.74) is 2.48. The summed E-state index contributed by atoms with van der Waals surface area (Å²) in [6, 6.07) is 6.28. The molecule has 2 fully saturated rings. The van der Waals surface area contributed by atoms with Gasteiger partial charge in [-0.05, 0) is 19.4 Å². The summed E-state index contributed by atoms with van der Waals surface area (Å²) in [6.45, 7) is 5.20. The normalized spacial score (nSPS) is 34.3. The number of carbonyl (C=O) groups excluding carboxylic acids is 2. The van der Waals surface area contributed by atoms with Gasteiger partial charge in [0.2, 0.25) is 5.54 Å². The molecule has 0 bridgehead atoms. The van der Waals surface area contributed by atoms with Crippen molar-refractivity contribution in [1.82, 2.24) is 0 Å². The Bertz CT molecular complexity index is 687. The zero-order valence-corrected chi connectivity index (χ0v) is 13.6. The van der Waals surface area contributed by atoms with E-state index in [1.165, 1.54) is 4.90 Å². The molecule has 1 aromatic carbocycles. The van der Waals surface area contributed by atoms with Crippen LogP contribution in [0, 0.1) is 12.8 Å². The van der Waals surface area contributed by atoms with Gasteiger partial charge in [0.1, 0.15) is 12.0 Å². The van der Waals surface area contributed by atoms with Crippen LogP contribution < -0.4 is 10.2 Å². The molecule has 4 rings (SSSR count). The van der Waals surface area contributed by atoms with Gasteiger partial charge in [0, 0.05) is 24.8 Å². The monoisotopic (exact) mass is 315 g/mol. The lowest BCUT2D eigenvalue weighted by molar-refractivity contribution is -0.947. The quantitative estimate of drug-likeness (QED) is 0.793. The van der Waals surface area contributed by atoms with E-state index in [-0.39, 0.29) is 23.8 Å². The maximum atomic E-state index is 13.0. The fraction of sp³-hybridized carbons (Fsp3) is 0.556. The lowest BCUT2D eigenvalue weighted by Crippen LogP contribution is -3.19. The van der Waals surface area contributed by atoms with E-state index in [0.29, 0.717) is 13.0 Å². The zero-order chi connectivity index (χ0) is 16.2. The number of hydrogen-bond donors (Lipinski definition) is 2. The van der Waals surface area contributed by atoms with Crippen LogP contribution in [0.5, 0.6) is 0 Å². The molecule has 122 valence electrons. The van der Waals surface area contributed by atoms with Gasteiger partial charge in [-0.3, -0.25) is 9.59 Å². The molecule has 4 atom stereocenters. The topological polar surface area (TPSA) is 59.8 Å². The van der Waals surface area contributed by atoms with Gasteiger partial charge in [-0.25, -0.2) is 0 Å². The summed E-state index contributed by atoms with van der Waals surface area (Å²) in [5, 5.41) is 3.09. The molecule has 0 radical (unpaired) electrons. The molecule has 3 heterocycles. The molecular formula is C18H23N2O3+. The Morgan fingerprint density at radius 1 is 1.48 bits per heavy atom. The third-order valence-corrected chi connectivity index (χ3v) is 5.92. The Labute approximate surface area is 136 Å². The average molecular weight is 315 g/mol. The van der Waals surface area contributed by atoms with Gasteiger partial charge >= 0.3 is 5.97 Å². The van der Waals surface area contributed by atoms with Crippen LogP contribution in [0.25, 0.3) is 0 Å². The molecule has 2 saturated heterocycles. The number of ether oxygens (including phenoxy) is 1. The molecular weight excluding hydrogens is 292 g/mol. The van der Waals surface area contributed by atoms with Crippen molar-refractivity contribution in [2.45, 2.75) is 44.7 Å². The number of rotatable bonds is 2. The minimum absolute atomic E-state index is 0.0514. The smallest absolute Gasteiger partial charge is 0.315 e. The van der Waals surface area contributed by atoms with Crippen LogP contribution in [-0.4, -0.2) is 31.1 Å². The summed E-state index contributed by atoms with van der Waals surface area (Å²) in [7, 11) is 0. The van der Waals surface area contributed by atoms with Gasteiger partial charge in [-0.2, -0.15) is 0 Å². The molecule has 3 aliphatic rings. The number of hydrogen-bond acceptors (Lipinski definition) is 3. The standard InChI is InChI=1S/C18H22N2O3/c1-3-23-16(21)12-10-18(20-9-5-8-14(12)20)13-7-4-6-11(2)15(13)19-17(18)22/h4,6-7,12,14H,3,5,8-10H2,1-2H3,(H,19,22)/p+1/t12-,14-,18+/m0/s1. The van der Waals surface area contributed by atoms with E-state index in [0.717, 1.165) is 36.2 Å². The number of anilines is 1. The first-order chi connectivity index (χ1) is 11.1. The van der Waals surface area contributed by atoms with Crippen LogP contribution in [-0.2, 0) is 19.9 Å². The molecule has 23 heavy (non-hydrogen) atoms. The molecule has 1 unspecified atom stereocenters. The van der Waals surface area contributed by atoms with Crippen molar-refractivity contribution in [3.8, 4) is 0 Å². The second-order valence-corrected chi connectivity index (χ2v) is 6.94. The number of carbonyl (C=O) groups is 2. The summed E-state index contributed by atoms with van der Waals surface area (Å²) in [6.07, 6.45) is 2.62. The highest BCUT2D eigenvalue weighted by atomic mass is 16.5. The number of amides is 1. The van der Waals surface area contributed by atoms with Crippen molar-refractivity contribution in [2.24, 2.45) is 5.92 Å². The van der Waals surface area contributed by atoms with Crippen LogP contribution >= 0.6 is 0 Å². The van der Waals surface area contributed by atoms with Gasteiger partial charge in [-0.15, -0.1) is 0 Å². The Kier molecular flexibility index (Phi) is 3.23. The highest BCUT2D eigenvalue weighted by Gasteiger charge is 2.67. The van der Waals surface area contributed by atoms with Crippen LogP contribution in [0.3, 0.4) is 0 Å². The number of para-hydroxylation sites is 1. The minimum Gasteiger partial charge on any atom is -0.466 e. The van der Waals surface area contributed by atoms with E-state index in [9.17, 15) is 9.59 Å². The second kappa shape index (κ2) is 5.06. The molecule has 1 aromatic rings. The Balaban J connectivity index is 1.81. The minimum atomic E-state index is -0.611.